The number of hydrogen-bond acceptors (Lipinski definition) is 4. The van der Waals surface area contributed by atoms with E-state index in [2.05, 4.69) is 6.26 Å². The number of fused-ring (bicyclic) bond motifs is 1. The summed E-state index contributed by atoms with van der Waals surface area (Å²) in [5.74, 6) is 1.72. The minimum Gasteiger partial charge on any atom is -0.493 e. The van der Waals surface area contributed by atoms with Crippen LogP contribution in [0.4, 0.5) is 0 Å². The van der Waals surface area contributed by atoms with Crippen molar-refractivity contribution in [2.24, 2.45) is 0 Å². The first-order valence-corrected chi connectivity index (χ1v) is 9.82. The van der Waals surface area contributed by atoms with Gasteiger partial charge in [0.25, 0.3) is 9.05 Å². The first-order chi connectivity index (χ1) is 9.54. The van der Waals surface area contributed by atoms with Crippen molar-refractivity contribution >= 4 is 42.3 Å². The molecule has 0 unspecified atom stereocenters. The molecule has 0 aliphatic rings. The Morgan fingerprint density at radius 2 is 1.85 bits per heavy atom. The molecule has 0 aliphatic heterocycles. The summed E-state index contributed by atoms with van der Waals surface area (Å²) in [6.45, 7) is 0.609. The van der Waals surface area contributed by atoms with E-state index in [9.17, 15) is 8.42 Å². The summed E-state index contributed by atoms with van der Waals surface area (Å²) < 4.78 is 28.9. The molecular formula is C14H15ClO3S2. The Labute approximate surface area is 127 Å². The van der Waals surface area contributed by atoms with Crippen LogP contribution in [0.1, 0.15) is 6.42 Å². The smallest absolute Gasteiger partial charge is 0.261 e. The van der Waals surface area contributed by atoms with E-state index in [4.69, 9.17) is 15.4 Å². The molecular weight excluding hydrogens is 316 g/mol. The molecule has 20 heavy (non-hydrogen) atoms. The Balaban J connectivity index is 2.39. The van der Waals surface area contributed by atoms with Crippen molar-refractivity contribution in [1.82, 2.24) is 0 Å². The molecule has 0 heterocycles. The molecule has 0 amide bonds. The monoisotopic (exact) mass is 330 g/mol. The van der Waals surface area contributed by atoms with E-state index in [1.54, 1.807) is 30.0 Å². The average Bonchev–Trinajstić information content (AvgIpc) is 2.42. The van der Waals surface area contributed by atoms with Crippen LogP contribution in [0.2, 0.25) is 0 Å². The number of halogens is 1. The number of benzene rings is 2. The summed E-state index contributed by atoms with van der Waals surface area (Å²) in [6.07, 6.45) is 3.00. The first-order valence-electron chi connectivity index (χ1n) is 6.12. The van der Waals surface area contributed by atoms with Crippen LogP contribution in [0.5, 0.6) is 5.75 Å². The predicted molar refractivity (Wildman–Crippen MR) is 85.5 cm³/mol. The molecule has 2 rings (SSSR count). The van der Waals surface area contributed by atoms with E-state index in [0.29, 0.717) is 17.7 Å². The summed E-state index contributed by atoms with van der Waals surface area (Å²) >= 11 is 1.77. The van der Waals surface area contributed by atoms with Gasteiger partial charge in [0.2, 0.25) is 0 Å². The molecule has 2 aromatic carbocycles. The van der Waals surface area contributed by atoms with Crippen molar-refractivity contribution in [1.29, 1.82) is 0 Å². The number of thioether (sulfide) groups is 1. The summed E-state index contributed by atoms with van der Waals surface area (Å²) in [5.41, 5.74) is 0. The third kappa shape index (κ3) is 3.59. The van der Waals surface area contributed by atoms with Gasteiger partial charge in [0.1, 0.15) is 5.75 Å². The van der Waals surface area contributed by atoms with Gasteiger partial charge in [-0.3, -0.25) is 0 Å². The maximum Gasteiger partial charge on any atom is 0.261 e. The van der Waals surface area contributed by atoms with Crippen molar-refractivity contribution in [2.45, 2.75) is 11.3 Å². The number of ether oxygens (including phenoxy) is 1. The van der Waals surface area contributed by atoms with Crippen molar-refractivity contribution in [3.63, 3.8) is 0 Å². The zero-order valence-electron chi connectivity index (χ0n) is 11.0. The summed E-state index contributed by atoms with van der Waals surface area (Å²) in [5, 5.41) is 1.35. The fourth-order valence-corrected chi connectivity index (χ4v) is 3.45. The lowest BCUT2D eigenvalue weighted by Crippen LogP contribution is -2.00. The van der Waals surface area contributed by atoms with Gasteiger partial charge in [-0.05, 0) is 30.6 Å². The Morgan fingerprint density at radius 1 is 1.15 bits per heavy atom. The molecule has 0 bridgehead atoms. The fourth-order valence-electron chi connectivity index (χ4n) is 1.97. The van der Waals surface area contributed by atoms with Gasteiger partial charge in [0, 0.05) is 21.5 Å². The SMILES string of the molecule is CSCCCOc1ccc(S(=O)(=O)Cl)c2ccccc12. The molecule has 0 fully saturated rings. The second kappa shape index (κ2) is 6.70. The highest BCUT2D eigenvalue weighted by molar-refractivity contribution is 8.14. The third-order valence-corrected chi connectivity index (χ3v) is 4.93. The summed E-state index contributed by atoms with van der Waals surface area (Å²) in [4.78, 5) is 0.117. The Hall–Kier alpha value is -0.910. The van der Waals surface area contributed by atoms with Gasteiger partial charge in [0.15, 0.2) is 0 Å². The van der Waals surface area contributed by atoms with Crippen LogP contribution in [0, 0.1) is 0 Å². The van der Waals surface area contributed by atoms with Gasteiger partial charge in [-0.25, -0.2) is 8.42 Å². The minimum atomic E-state index is -3.76. The second-order valence-electron chi connectivity index (χ2n) is 4.24. The molecule has 0 spiro atoms. The van der Waals surface area contributed by atoms with Crippen LogP contribution in [0.15, 0.2) is 41.3 Å². The first kappa shape index (κ1) is 15.5. The Bertz CT molecular complexity index is 699. The predicted octanol–water partition coefficient (Wildman–Crippen LogP) is 3.90. The minimum absolute atomic E-state index is 0.117. The molecule has 0 aliphatic carbocycles. The Kier molecular flexibility index (Phi) is 5.18. The number of hydrogen-bond donors (Lipinski definition) is 0. The van der Waals surface area contributed by atoms with Crippen LogP contribution < -0.4 is 4.74 Å². The molecule has 6 heteroatoms. The van der Waals surface area contributed by atoms with Gasteiger partial charge < -0.3 is 4.74 Å². The zero-order chi connectivity index (χ0) is 14.6. The average molecular weight is 331 g/mol. The molecule has 0 saturated carbocycles. The fraction of sp³-hybridized carbons (Fsp3) is 0.286. The molecule has 3 nitrogen and oxygen atoms in total. The van der Waals surface area contributed by atoms with Crippen LogP contribution in [0.3, 0.4) is 0 Å². The van der Waals surface area contributed by atoms with E-state index >= 15 is 0 Å². The van der Waals surface area contributed by atoms with Crippen LogP contribution in [-0.4, -0.2) is 27.0 Å². The normalized spacial score (nSPS) is 11.7. The summed E-state index contributed by atoms with van der Waals surface area (Å²) in [7, 11) is 1.70. The van der Waals surface area contributed by atoms with Gasteiger partial charge >= 0.3 is 0 Å². The molecule has 2 aromatic rings. The molecule has 0 aromatic heterocycles. The number of rotatable bonds is 6. The van der Waals surface area contributed by atoms with Crippen LogP contribution >= 0.6 is 22.4 Å². The maximum atomic E-state index is 11.6. The van der Waals surface area contributed by atoms with E-state index in [0.717, 1.165) is 17.6 Å². The van der Waals surface area contributed by atoms with Crippen molar-refractivity contribution < 1.29 is 13.2 Å². The van der Waals surface area contributed by atoms with Gasteiger partial charge in [-0.2, -0.15) is 11.8 Å². The van der Waals surface area contributed by atoms with Crippen molar-refractivity contribution in [2.75, 3.05) is 18.6 Å². The van der Waals surface area contributed by atoms with E-state index in [1.165, 1.54) is 6.07 Å². The van der Waals surface area contributed by atoms with Gasteiger partial charge in [0.05, 0.1) is 11.5 Å². The maximum absolute atomic E-state index is 11.6. The lowest BCUT2D eigenvalue weighted by atomic mass is 10.1. The molecule has 0 radical (unpaired) electrons. The Morgan fingerprint density at radius 3 is 2.50 bits per heavy atom. The lowest BCUT2D eigenvalue weighted by Gasteiger charge is -2.11. The van der Waals surface area contributed by atoms with Gasteiger partial charge in [-0.1, -0.05) is 24.3 Å². The van der Waals surface area contributed by atoms with E-state index < -0.39 is 9.05 Å². The molecule has 108 valence electrons. The van der Waals surface area contributed by atoms with E-state index in [-0.39, 0.29) is 4.90 Å². The zero-order valence-corrected chi connectivity index (χ0v) is 13.4. The highest BCUT2D eigenvalue weighted by Gasteiger charge is 2.16. The second-order valence-corrected chi connectivity index (χ2v) is 7.76. The van der Waals surface area contributed by atoms with Crippen molar-refractivity contribution in [3.05, 3.63) is 36.4 Å². The third-order valence-electron chi connectivity index (χ3n) is 2.86. The molecule has 0 saturated heterocycles. The lowest BCUT2D eigenvalue weighted by molar-refractivity contribution is 0.322. The quantitative estimate of drug-likeness (QED) is 0.595. The highest BCUT2D eigenvalue weighted by atomic mass is 35.7. The van der Waals surface area contributed by atoms with Gasteiger partial charge in [-0.15, -0.1) is 0 Å². The van der Waals surface area contributed by atoms with Crippen LogP contribution in [0.25, 0.3) is 10.8 Å². The summed E-state index contributed by atoms with van der Waals surface area (Å²) in [6, 6.07) is 10.4. The molecule has 0 atom stereocenters. The largest absolute Gasteiger partial charge is 0.493 e. The standard InChI is InChI=1S/C14H15ClO3S2/c1-19-10-4-9-18-13-7-8-14(20(15,16)17)12-6-3-2-5-11(12)13/h2-3,5-8H,4,9-10H2,1H3. The van der Waals surface area contributed by atoms with E-state index in [1.807, 2.05) is 12.1 Å². The van der Waals surface area contributed by atoms with Crippen molar-refractivity contribution in [3.8, 4) is 5.75 Å². The van der Waals surface area contributed by atoms with Crippen LogP contribution in [-0.2, 0) is 9.05 Å². The molecule has 0 N–H and O–H groups in total. The topological polar surface area (TPSA) is 43.4 Å². The highest BCUT2D eigenvalue weighted by Crippen LogP contribution is 2.32.